The first-order chi connectivity index (χ1) is 27.7. The van der Waals surface area contributed by atoms with E-state index >= 15 is 0 Å². The summed E-state index contributed by atoms with van der Waals surface area (Å²) in [5.74, 6) is -0.425. The average molecular weight is 831 g/mol. The molecule has 10 unspecified atom stereocenters. The number of rotatable bonds is 36. The molecule has 0 aliphatic carbocycles. The molecule has 0 fully saturated rings. The quantitative estimate of drug-likeness (QED) is 0.0360. The smallest absolute Gasteiger partial charge is 0.341 e. The second-order valence-electron chi connectivity index (χ2n) is 14.4. The lowest BCUT2D eigenvalue weighted by molar-refractivity contribution is -0.301. The molecule has 0 radical (unpaired) electrons. The van der Waals surface area contributed by atoms with Gasteiger partial charge in [-0.2, -0.15) is 0 Å². The van der Waals surface area contributed by atoms with Gasteiger partial charge in [-0.3, -0.25) is 0 Å². The molecular formula is C44H78O14. The second-order valence-corrected chi connectivity index (χ2v) is 14.4. The SMILES string of the molecule is CCCCC(CC)COCCOC(C)OC(C)OC(C)OC(C)OC(=O)c1ccccc1C(=O)OC(C)OC(C)OC(C)OC(C)OCCOCC(CC)CCCC. The summed E-state index contributed by atoms with van der Waals surface area (Å²) >= 11 is 0. The van der Waals surface area contributed by atoms with Crippen LogP contribution in [0.5, 0.6) is 0 Å². The normalized spacial score (nSPS) is 17.0. The maximum atomic E-state index is 13.1. The van der Waals surface area contributed by atoms with Crippen molar-refractivity contribution in [3.8, 4) is 0 Å². The van der Waals surface area contributed by atoms with Crippen molar-refractivity contribution >= 4 is 11.9 Å². The highest BCUT2D eigenvalue weighted by Gasteiger charge is 2.25. The summed E-state index contributed by atoms with van der Waals surface area (Å²) in [6, 6.07) is 6.15. The third kappa shape index (κ3) is 25.4. The first kappa shape index (κ1) is 53.8. The van der Waals surface area contributed by atoms with Gasteiger partial charge < -0.3 is 56.8 Å². The van der Waals surface area contributed by atoms with Crippen LogP contribution < -0.4 is 0 Å². The molecule has 0 saturated carbocycles. The topological polar surface area (TPSA) is 145 Å². The Balaban J connectivity index is 2.44. The van der Waals surface area contributed by atoms with Crippen molar-refractivity contribution in [2.45, 2.75) is 185 Å². The van der Waals surface area contributed by atoms with E-state index in [1.165, 1.54) is 50.7 Å². The van der Waals surface area contributed by atoms with E-state index in [2.05, 4.69) is 27.7 Å². The van der Waals surface area contributed by atoms with Crippen molar-refractivity contribution in [1.29, 1.82) is 0 Å². The molecule has 0 amide bonds. The summed E-state index contributed by atoms with van der Waals surface area (Å²) in [4.78, 5) is 26.3. The summed E-state index contributed by atoms with van der Waals surface area (Å²) < 4.78 is 68.3. The Hall–Kier alpha value is -2.24. The molecule has 0 bridgehead atoms. The van der Waals surface area contributed by atoms with E-state index in [0.717, 1.165) is 26.1 Å². The molecule has 0 aliphatic heterocycles. The molecule has 0 spiro atoms. The monoisotopic (exact) mass is 831 g/mol. The average Bonchev–Trinajstić information content (AvgIpc) is 3.16. The molecule has 338 valence electrons. The highest BCUT2D eigenvalue weighted by atomic mass is 16.8. The Kier molecular flexibility index (Phi) is 30.2. The first-order valence-corrected chi connectivity index (χ1v) is 21.5. The van der Waals surface area contributed by atoms with Crippen LogP contribution in [0.1, 0.15) is 155 Å². The lowest BCUT2D eigenvalue weighted by Gasteiger charge is -2.25. The van der Waals surface area contributed by atoms with Crippen molar-refractivity contribution in [1.82, 2.24) is 0 Å². The number of hydrogen-bond donors (Lipinski definition) is 0. The van der Waals surface area contributed by atoms with E-state index in [4.69, 9.17) is 56.8 Å². The van der Waals surface area contributed by atoms with Gasteiger partial charge in [0.15, 0.2) is 37.7 Å². The second kappa shape index (κ2) is 32.5. The fourth-order valence-corrected chi connectivity index (χ4v) is 5.99. The lowest BCUT2D eigenvalue weighted by Crippen LogP contribution is -2.31. The van der Waals surface area contributed by atoms with Gasteiger partial charge >= 0.3 is 11.9 Å². The van der Waals surface area contributed by atoms with E-state index in [1.54, 1.807) is 67.5 Å². The Morgan fingerprint density at radius 3 is 1.12 bits per heavy atom. The van der Waals surface area contributed by atoms with Crippen molar-refractivity contribution in [3.63, 3.8) is 0 Å². The predicted octanol–water partition coefficient (Wildman–Crippen LogP) is 9.37. The van der Waals surface area contributed by atoms with Gasteiger partial charge in [-0.15, -0.1) is 0 Å². The molecule has 1 aromatic carbocycles. The Labute approximate surface area is 349 Å². The zero-order valence-corrected chi connectivity index (χ0v) is 37.7. The Morgan fingerprint density at radius 2 is 0.793 bits per heavy atom. The number of ether oxygens (including phenoxy) is 12. The van der Waals surface area contributed by atoms with Crippen molar-refractivity contribution < 1.29 is 66.4 Å². The van der Waals surface area contributed by atoms with Crippen LogP contribution in [0.25, 0.3) is 0 Å². The molecule has 0 aromatic heterocycles. The highest BCUT2D eigenvalue weighted by Crippen LogP contribution is 2.18. The fourth-order valence-electron chi connectivity index (χ4n) is 5.99. The molecule has 0 heterocycles. The zero-order valence-electron chi connectivity index (χ0n) is 37.7. The summed E-state index contributed by atoms with van der Waals surface area (Å²) in [7, 11) is 0. The van der Waals surface area contributed by atoms with Gasteiger partial charge in [-0.05, 0) is 92.2 Å². The molecule has 58 heavy (non-hydrogen) atoms. The van der Waals surface area contributed by atoms with Gasteiger partial charge in [0.2, 0.25) is 12.6 Å². The van der Waals surface area contributed by atoms with Crippen molar-refractivity contribution in [3.05, 3.63) is 35.4 Å². The number of benzene rings is 1. The minimum atomic E-state index is -1.02. The van der Waals surface area contributed by atoms with Gasteiger partial charge in [-0.1, -0.05) is 78.4 Å². The van der Waals surface area contributed by atoms with E-state index in [9.17, 15) is 9.59 Å². The Morgan fingerprint density at radius 1 is 0.466 bits per heavy atom. The molecule has 0 N–H and O–H groups in total. The molecule has 0 aliphatic rings. The molecule has 0 saturated heterocycles. The summed E-state index contributed by atoms with van der Waals surface area (Å²) in [5, 5.41) is 0. The summed E-state index contributed by atoms with van der Waals surface area (Å²) in [5.41, 5.74) is -0.0112. The number of carbonyl (C=O) groups excluding carboxylic acids is 2. The molecule has 1 rings (SSSR count). The standard InChI is InChI=1S/C44H78O14/c1-13-17-21-39(15-3)29-47-25-27-49-31(5)51-33(7)53-35(9)55-37(11)57-43(45)41-23-19-20-24-42(41)44(46)58-38(12)56-36(10)54-34(8)52-32(6)50-28-26-48-30-40(16-4)22-18-14-2/h19-20,23-24,31-40H,13-18,21-22,25-30H2,1-12H3. The van der Waals surface area contributed by atoms with E-state index < -0.39 is 62.3 Å². The van der Waals surface area contributed by atoms with E-state index in [-0.39, 0.29) is 11.1 Å². The van der Waals surface area contributed by atoms with Crippen LogP contribution >= 0.6 is 0 Å². The van der Waals surface area contributed by atoms with Crippen LogP contribution in [-0.2, 0) is 56.8 Å². The first-order valence-electron chi connectivity index (χ1n) is 21.5. The van der Waals surface area contributed by atoms with Crippen LogP contribution in [0.15, 0.2) is 24.3 Å². The fraction of sp³-hybridized carbons (Fsp3) is 0.818. The summed E-state index contributed by atoms with van der Waals surface area (Å²) in [6.07, 6.45) is 3.30. The molecule has 14 nitrogen and oxygen atoms in total. The van der Waals surface area contributed by atoms with Gasteiger partial charge in [0.25, 0.3) is 0 Å². The van der Waals surface area contributed by atoms with Gasteiger partial charge in [0.1, 0.15) is 0 Å². The molecule has 10 atom stereocenters. The molecule has 1 aromatic rings. The number of carbonyl (C=O) groups is 2. The third-order valence-corrected chi connectivity index (χ3v) is 9.17. The van der Waals surface area contributed by atoms with Crippen LogP contribution in [0, 0.1) is 11.8 Å². The third-order valence-electron chi connectivity index (χ3n) is 9.17. The maximum absolute atomic E-state index is 13.1. The molecule has 14 heteroatoms. The highest BCUT2D eigenvalue weighted by molar-refractivity contribution is 6.03. The van der Waals surface area contributed by atoms with E-state index in [1.807, 2.05) is 0 Å². The Bertz CT molecular complexity index is 1100. The molecular weight excluding hydrogens is 752 g/mol. The van der Waals surface area contributed by atoms with Crippen molar-refractivity contribution in [2.24, 2.45) is 11.8 Å². The van der Waals surface area contributed by atoms with Crippen LogP contribution in [-0.4, -0.2) is 102 Å². The van der Waals surface area contributed by atoms with Crippen LogP contribution in [0.4, 0.5) is 0 Å². The number of hydrogen-bond acceptors (Lipinski definition) is 14. The van der Waals surface area contributed by atoms with Gasteiger partial charge in [0.05, 0.1) is 37.6 Å². The zero-order chi connectivity index (χ0) is 43.3. The minimum Gasteiger partial charge on any atom is -0.432 e. The van der Waals surface area contributed by atoms with E-state index in [0.29, 0.717) is 38.3 Å². The lowest BCUT2D eigenvalue weighted by atomic mass is 10.0. The van der Waals surface area contributed by atoms with Crippen LogP contribution in [0.3, 0.4) is 0 Å². The predicted molar refractivity (Wildman–Crippen MR) is 220 cm³/mol. The van der Waals surface area contributed by atoms with Crippen LogP contribution in [0.2, 0.25) is 0 Å². The maximum Gasteiger partial charge on any atom is 0.341 e. The minimum absolute atomic E-state index is 0.00562. The van der Waals surface area contributed by atoms with Gasteiger partial charge in [-0.25, -0.2) is 9.59 Å². The summed E-state index contributed by atoms with van der Waals surface area (Å²) in [6.45, 7) is 25.4. The number of esters is 2. The van der Waals surface area contributed by atoms with Crippen molar-refractivity contribution in [2.75, 3.05) is 39.6 Å². The number of unbranched alkanes of at least 4 members (excludes halogenated alkanes) is 2. The van der Waals surface area contributed by atoms with Gasteiger partial charge in [0, 0.05) is 13.2 Å². The largest absolute Gasteiger partial charge is 0.432 e.